The Hall–Kier alpha value is -1.75. The van der Waals surface area contributed by atoms with Crippen molar-refractivity contribution >= 4 is 11.6 Å². The minimum atomic E-state index is -0.121. The number of ether oxygens (including phenoxy) is 1. The number of aliphatic hydroxyl groups is 1. The van der Waals surface area contributed by atoms with E-state index in [2.05, 4.69) is 5.32 Å². The summed E-state index contributed by atoms with van der Waals surface area (Å²) in [6.45, 7) is 0.479. The van der Waals surface area contributed by atoms with Crippen LogP contribution in [0.1, 0.15) is 0 Å². The summed E-state index contributed by atoms with van der Waals surface area (Å²) in [7, 11) is 3.43. The lowest BCUT2D eigenvalue weighted by molar-refractivity contribution is -0.119. The molecule has 1 aromatic carbocycles. The Kier molecular flexibility index (Phi) is 5.29. The van der Waals surface area contributed by atoms with Gasteiger partial charge in [0.2, 0.25) is 5.91 Å². The monoisotopic (exact) mass is 238 g/mol. The number of nitrogens with zero attached hydrogens (tertiary/aromatic N) is 1. The molecule has 0 heterocycles. The Morgan fingerprint density at radius 2 is 2.29 bits per heavy atom. The van der Waals surface area contributed by atoms with Crippen molar-refractivity contribution < 1.29 is 14.6 Å². The highest BCUT2D eigenvalue weighted by atomic mass is 16.5. The third kappa shape index (κ3) is 4.32. The van der Waals surface area contributed by atoms with Gasteiger partial charge in [-0.25, -0.2) is 0 Å². The zero-order chi connectivity index (χ0) is 12.7. The van der Waals surface area contributed by atoms with Gasteiger partial charge < -0.3 is 20.1 Å². The highest BCUT2D eigenvalue weighted by molar-refractivity contribution is 5.81. The average Bonchev–Trinajstić information content (AvgIpc) is 2.36. The fourth-order valence-electron chi connectivity index (χ4n) is 1.41. The van der Waals surface area contributed by atoms with E-state index in [9.17, 15) is 4.79 Å². The normalized spacial score (nSPS) is 9.82. The van der Waals surface area contributed by atoms with Crippen molar-refractivity contribution in [2.45, 2.75) is 0 Å². The fourth-order valence-corrected chi connectivity index (χ4v) is 1.41. The molecule has 0 aliphatic heterocycles. The van der Waals surface area contributed by atoms with Gasteiger partial charge in [-0.05, 0) is 12.1 Å². The van der Waals surface area contributed by atoms with Crippen LogP contribution in [0.5, 0.6) is 5.75 Å². The van der Waals surface area contributed by atoms with Gasteiger partial charge in [0.1, 0.15) is 5.75 Å². The third-order valence-electron chi connectivity index (χ3n) is 2.31. The highest BCUT2D eigenvalue weighted by Gasteiger charge is 2.07. The number of likely N-dealkylation sites (N-methyl/N-ethyl adjacent to an activating group) is 1. The van der Waals surface area contributed by atoms with Gasteiger partial charge in [0, 0.05) is 25.3 Å². The van der Waals surface area contributed by atoms with Crippen molar-refractivity contribution in [1.29, 1.82) is 0 Å². The van der Waals surface area contributed by atoms with Crippen LogP contribution in [0.3, 0.4) is 0 Å². The van der Waals surface area contributed by atoms with Crippen LogP contribution in [0.2, 0.25) is 0 Å². The number of carbonyl (C=O) groups is 1. The molecule has 0 unspecified atom stereocenters. The molecule has 1 amide bonds. The highest BCUT2D eigenvalue weighted by Crippen LogP contribution is 2.19. The first-order chi connectivity index (χ1) is 8.17. The molecule has 0 saturated carbocycles. The Labute approximate surface area is 101 Å². The third-order valence-corrected chi connectivity index (χ3v) is 2.31. The Morgan fingerprint density at radius 3 is 2.94 bits per heavy atom. The molecule has 94 valence electrons. The quantitative estimate of drug-likeness (QED) is 0.745. The van der Waals surface area contributed by atoms with Gasteiger partial charge in [-0.3, -0.25) is 4.79 Å². The van der Waals surface area contributed by atoms with E-state index in [0.717, 1.165) is 11.4 Å². The molecular formula is C12H18N2O3. The predicted molar refractivity (Wildman–Crippen MR) is 66.4 cm³/mol. The molecule has 0 aliphatic carbocycles. The van der Waals surface area contributed by atoms with Crippen molar-refractivity contribution in [1.82, 2.24) is 5.32 Å². The molecule has 0 aliphatic rings. The Balaban J connectivity index is 2.56. The van der Waals surface area contributed by atoms with Crippen LogP contribution in [0, 0.1) is 0 Å². The van der Waals surface area contributed by atoms with Gasteiger partial charge in [0.05, 0.1) is 20.3 Å². The predicted octanol–water partition coefficient (Wildman–Crippen LogP) is 0.240. The standard InChI is InChI=1S/C12H18N2O3/c1-14(9-12(16)13-6-7-15)10-4-3-5-11(8-10)17-2/h3-5,8,15H,6-7,9H2,1-2H3,(H,13,16). The summed E-state index contributed by atoms with van der Waals surface area (Å²) in [5.41, 5.74) is 0.906. The van der Waals surface area contributed by atoms with Gasteiger partial charge >= 0.3 is 0 Å². The summed E-state index contributed by atoms with van der Waals surface area (Å²) < 4.78 is 5.11. The van der Waals surface area contributed by atoms with Crippen LogP contribution < -0.4 is 15.0 Å². The van der Waals surface area contributed by atoms with Gasteiger partial charge in [-0.2, -0.15) is 0 Å². The second-order valence-electron chi connectivity index (χ2n) is 3.63. The number of aliphatic hydroxyl groups excluding tert-OH is 1. The lowest BCUT2D eigenvalue weighted by Crippen LogP contribution is -2.36. The van der Waals surface area contributed by atoms with E-state index in [1.165, 1.54) is 0 Å². The van der Waals surface area contributed by atoms with Crippen molar-refractivity contribution in [3.05, 3.63) is 24.3 Å². The molecule has 1 rings (SSSR count). The summed E-state index contributed by atoms with van der Waals surface area (Å²) >= 11 is 0. The first-order valence-corrected chi connectivity index (χ1v) is 5.40. The van der Waals surface area contributed by atoms with Crippen LogP contribution in [-0.2, 0) is 4.79 Å². The number of carbonyl (C=O) groups excluding carboxylic acids is 1. The van der Waals surface area contributed by atoms with Crippen LogP contribution in [-0.4, -0.2) is 44.9 Å². The first kappa shape index (κ1) is 13.3. The van der Waals surface area contributed by atoms with Crippen LogP contribution >= 0.6 is 0 Å². The summed E-state index contributed by atoms with van der Waals surface area (Å²) in [6.07, 6.45) is 0. The van der Waals surface area contributed by atoms with E-state index in [1.54, 1.807) is 7.11 Å². The summed E-state index contributed by atoms with van der Waals surface area (Å²) in [5.74, 6) is 0.634. The van der Waals surface area contributed by atoms with Gasteiger partial charge in [0.25, 0.3) is 0 Å². The van der Waals surface area contributed by atoms with Gasteiger partial charge in [-0.15, -0.1) is 0 Å². The molecule has 2 N–H and O–H groups in total. The topological polar surface area (TPSA) is 61.8 Å². The second-order valence-corrected chi connectivity index (χ2v) is 3.63. The smallest absolute Gasteiger partial charge is 0.239 e. The second kappa shape index (κ2) is 6.75. The van der Waals surface area contributed by atoms with Crippen molar-refractivity contribution in [3.8, 4) is 5.75 Å². The molecule has 0 radical (unpaired) electrons. The minimum absolute atomic E-state index is 0.0470. The molecule has 0 saturated heterocycles. The van der Waals surface area contributed by atoms with Crippen LogP contribution in [0.15, 0.2) is 24.3 Å². The molecule has 0 bridgehead atoms. The van der Waals surface area contributed by atoms with Crippen molar-refractivity contribution in [3.63, 3.8) is 0 Å². The maximum atomic E-state index is 11.4. The van der Waals surface area contributed by atoms with E-state index in [0.29, 0.717) is 0 Å². The molecule has 5 heteroatoms. The van der Waals surface area contributed by atoms with E-state index in [-0.39, 0.29) is 25.6 Å². The number of benzene rings is 1. The van der Waals surface area contributed by atoms with Crippen molar-refractivity contribution in [2.24, 2.45) is 0 Å². The molecule has 17 heavy (non-hydrogen) atoms. The van der Waals surface area contributed by atoms with E-state index >= 15 is 0 Å². The Morgan fingerprint density at radius 1 is 1.53 bits per heavy atom. The molecule has 5 nitrogen and oxygen atoms in total. The summed E-state index contributed by atoms with van der Waals surface area (Å²) in [6, 6.07) is 7.49. The zero-order valence-corrected chi connectivity index (χ0v) is 10.1. The Bertz CT molecular complexity index is 369. The molecule has 0 spiro atoms. The molecule has 0 aromatic heterocycles. The molecular weight excluding hydrogens is 220 g/mol. The minimum Gasteiger partial charge on any atom is -0.497 e. The number of rotatable bonds is 6. The molecule has 1 aromatic rings. The molecule has 0 atom stereocenters. The zero-order valence-electron chi connectivity index (χ0n) is 10.1. The maximum Gasteiger partial charge on any atom is 0.239 e. The number of nitrogens with one attached hydrogen (secondary N) is 1. The lowest BCUT2D eigenvalue weighted by atomic mass is 10.3. The fraction of sp³-hybridized carbons (Fsp3) is 0.417. The number of methoxy groups -OCH3 is 1. The van der Waals surface area contributed by atoms with E-state index in [1.807, 2.05) is 36.2 Å². The summed E-state index contributed by atoms with van der Waals surface area (Å²) in [4.78, 5) is 13.3. The van der Waals surface area contributed by atoms with E-state index < -0.39 is 0 Å². The maximum absolute atomic E-state index is 11.4. The number of anilines is 1. The molecule has 0 fully saturated rings. The SMILES string of the molecule is COc1cccc(N(C)CC(=O)NCCO)c1. The van der Waals surface area contributed by atoms with Crippen molar-refractivity contribution in [2.75, 3.05) is 38.8 Å². The van der Waals surface area contributed by atoms with Gasteiger partial charge in [-0.1, -0.05) is 6.07 Å². The van der Waals surface area contributed by atoms with Crippen LogP contribution in [0.25, 0.3) is 0 Å². The first-order valence-electron chi connectivity index (χ1n) is 5.40. The number of amides is 1. The summed E-state index contributed by atoms with van der Waals surface area (Å²) in [5, 5.41) is 11.2. The average molecular weight is 238 g/mol. The number of hydrogen-bond donors (Lipinski definition) is 2. The lowest BCUT2D eigenvalue weighted by Gasteiger charge is -2.19. The van der Waals surface area contributed by atoms with Gasteiger partial charge in [0.15, 0.2) is 0 Å². The van der Waals surface area contributed by atoms with E-state index in [4.69, 9.17) is 9.84 Å². The van der Waals surface area contributed by atoms with Crippen LogP contribution in [0.4, 0.5) is 5.69 Å². The largest absolute Gasteiger partial charge is 0.497 e. The number of hydrogen-bond acceptors (Lipinski definition) is 4.